The second kappa shape index (κ2) is 10.1. The summed E-state index contributed by atoms with van der Waals surface area (Å²) in [5, 5.41) is 53.6. The van der Waals surface area contributed by atoms with Gasteiger partial charge < -0.3 is 35.8 Å². The number of carboxylic acids is 2. The van der Waals surface area contributed by atoms with Gasteiger partial charge in [0.2, 0.25) is 0 Å². The van der Waals surface area contributed by atoms with Crippen molar-refractivity contribution in [1.29, 1.82) is 0 Å². The van der Waals surface area contributed by atoms with Crippen LogP contribution in [0.5, 0.6) is 17.2 Å². The van der Waals surface area contributed by atoms with Gasteiger partial charge in [0, 0.05) is 37.6 Å². The molecule has 190 valence electrons. The molecular formula is C24H26N4O7S. The third kappa shape index (κ3) is 5.10. The number of nitrogens with one attached hydrogen (secondary N) is 1. The van der Waals surface area contributed by atoms with Crippen molar-refractivity contribution in [3.05, 3.63) is 59.0 Å². The highest BCUT2D eigenvalue weighted by atomic mass is 32.2. The minimum Gasteiger partial charge on any atom is -0.508 e. The quantitative estimate of drug-likeness (QED) is 0.231. The average Bonchev–Trinajstić information content (AvgIpc) is 3.16. The lowest BCUT2D eigenvalue weighted by Crippen LogP contribution is -2.45. The third-order valence-electron chi connectivity index (χ3n) is 6.16. The molecule has 0 aliphatic carbocycles. The lowest BCUT2D eigenvalue weighted by molar-refractivity contribution is -0.140. The Labute approximate surface area is 210 Å². The van der Waals surface area contributed by atoms with Crippen molar-refractivity contribution in [2.24, 2.45) is 12.8 Å². The Morgan fingerprint density at radius 2 is 1.89 bits per heavy atom. The number of benzene rings is 2. The molecule has 0 bridgehead atoms. The largest absolute Gasteiger partial charge is 0.508 e. The van der Waals surface area contributed by atoms with Crippen LogP contribution in [0.4, 0.5) is 0 Å². The molecule has 0 fully saturated rings. The van der Waals surface area contributed by atoms with E-state index in [2.05, 4.69) is 10.3 Å². The number of phenolic OH excluding ortho intramolecular Hbond substituents is 3. The van der Waals surface area contributed by atoms with Gasteiger partial charge in [0.05, 0.1) is 16.9 Å². The first-order valence-electron chi connectivity index (χ1n) is 11.1. The number of aliphatic carboxylic acids is 2. The number of hydrogen-bond acceptors (Lipinski definition) is 9. The topological polar surface area (TPSA) is 191 Å². The molecule has 0 radical (unpaired) electrons. The van der Waals surface area contributed by atoms with Crippen LogP contribution in [-0.4, -0.2) is 59.1 Å². The van der Waals surface area contributed by atoms with Crippen molar-refractivity contribution in [2.45, 2.75) is 47.3 Å². The normalized spacial score (nSPS) is 17.9. The number of carbonyl (C=O) groups is 2. The first-order valence-corrected chi connectivity index (χ1v) is 11.9. The predicted molar refractivity (Wildman–Crippen MR) is 129 cm³/mol. The van der Waals surface area contributed by atoms with Crippen molar-refractivity contribution < 1.29 is 35.1 Å². The second-order valence-electron chi connectivity index (χ2n) is 8.68. The summed E-state index contributed by atoms with van der Waals surface area (Å²) in [5.41, 5.74) is 8.00. The van der Waals surface area contributed by atoms with E-state index in [9.17, 15) is 35.1 Å². The number of rotatable bonds is 8. The van der Waals surface area contributed by atoms with Gasteiger partial charge in [-0.05, 0) is 29.7 Å². The molecule has 3 unspecified atom stereocenters. The number of nitrogens with zero attached hydrogens (tertiary/aromatic N) is 2. The fourth-order valence-electron chi connectivity index (χ4n) is 4.33. The lowest BCUT2D eigenvalue weighted by Gasteiger charge is -2.33. The number of nitrogens with two attached hydrogens (primary N) is 1. The number of aromatic nitrogens is 2. The Kier molecular flexibility index (Phi) is 7.11. The lowest BCUT2D eigenvalue weighted by atomic mass is 9.86. The van der Waals surface area contributed by atoms with E-state index in [0.29, 0.717) is 33.2 Å². The summed E-state index contributed by atoms with van der Waals surface area (Å²) >= 11 is 1.07. The molecule has 12 heteroatoms. The van der Waals surface area contributed by atoms with Gasteiger partial charge in [-0.15, -0.1) is 0 Å². The van der Waals surface area contributed by atoms with E-state index in [4.69, 9.17) is 5.73 Å². The van der Waals surface area contributed by atoms with Crippen LogP contribution >= 0.6 is 11.8 Å². The van der Waals surface area contributed by atoms with Gasteiger partial charge in [0.15, 0.2) is 0 Å². The third-order valence-corrected chi connectivity index (χ3v) is 7.36. The Hall–Kier alpha value is -3.74. The number of hydrogen-bond donors (Lipinski definition) is 7. The van der Waals surface area contributed by atoms with Crippen molar-refractivity contribution in [3.63, 3.8) is 0 Å². The van der Waals surface area contributed by atoms with E-state index in [-0.39, 0.29) is 30.1 Å². The first-order chi connectivity index (χ1) is 17.0. The number of aromatic hydroxyl groups is 3. The SMILES string of the molecule is Cn1cnc(Sc2c(O)cc(O)c3c2CC(C(=O)O)NC3Cc2ccc(O)cc2)c1CC(N)C(=O)O. The summed E-state index contributed by atoms with van der Waals surface area (Å²) in [6.45, 7) is 0. The molecular weight excluding hydrogens is 488 g/mol. The molecule has 0 saturated carbocycles. The van der Waals surface area contributed by atoms with Crippen LogP contribution in [-0.2, 0) is 35.9 Å². The minimum atomic E-state index is -1.16. The molecule has 11 nitrogen and oxygen atoms in total. The van der Waals surface area contributed by atoms with E-state index >= 15 is 0 Å². The fraction of sp³-hybridized carbons (Fsp3) is 0.292. The molecule has 1 aromatic heterocycles. The van der Waals surface area contributed by atoms with Crippen LogP contribution in [0, 0.1) is 0 Å². The van der Waals surface area contributed by atoms with E-state index in [1.807, 2.05) is 0 Å². The van der Waals surface area contributed by atoms with Gasteiger partial charge in [0.1, 0.15) is 34.4 Å². The zero-order valence-corrected chi connectivity index (χ0v) is 20.1. The molecule has 1 aliphatic rings. The van der Waals surface area contributed by atoms with E-state index in [0.717, 1.165) is 17.3 Å². The Bertz CT molecular complexity index is 1310. The van der Waals surface area contributed by atoms with Crippen LogP contribution in [0.1, 0.15) is 28.4 Å². The zero-order valence-electron chi connectivity index (χ0n) is 19.3. The zero-order chi connectivity index (χ0) is 26.1. The average molecular weight is 515 g/mol. The molecule has 1 aliphatic heterocycles. The molecule has 4 rings (SSSR count). The molecule has 3 atom stereocenters. The molecule has 0 amide bonds. The van der Waals surface area contributed by atoms with E-state index in [1.165, 1.54) is 24.5 Å². The number of aryl methyl sites for hydroxylation is 1. The molecule has 3 aromatic rings. The van der Waals surface area contributed by atoms with Crippen molar-refractivity contribution in [2.75, 3.05) is 0 Å². The molecule has 0 spiro atoms. The summed E-state index contributed by atoms with van der Waals surface area (Å²) < 4.78 is 1.64. The van der Waals surface area contributed by atoms with Gasteiger partial charge in [-0.2, -0.15) is 0 Å². The molecule has 2 aromatic carbocycles. The summed E-state index contributed by atoms with van der Waals surface area (Å²) in [6, 6.07) is 4.94. The van der Waals surface area contributed by atoms with Crippen LogP contribution in [0.15, 0.2) is 46.6 Å². The summed E-state index contributed by atoms with van der Waals surface area (Å²) in [6.07, 6.45) is 1.82. The van der Waals surface area contributed by atoms with Crippen LogP contribution in [0.25, 0.3) is 0 Å². The van der Waals surface area contributed by atoms with Crippen molar-refractivity contribution in [1.82, 2.24) is 14.9 Å². The maximum atomic E-state index is 12.0. The highest BCUT2D eigenvalue weighted by Gasteiger charge is 2.36. The highest BCUT2D eigenvalue weighted by molar-refractivity contribution is 7.99. The summed E-state index contributed by atoms with van der Waals surface area (Å²) in [5.74, 6) is -2.57. The van der Waals surface area contributed by atoms with Gasteiger partial charge in [-0.3, -0.25) is 14.9 Å². The monoisotopic (exact) mass is 514 g/mol. The van der Waals surface area contributed by atoms with Gasteiger partial charge in [-0.25, -0.2) is 4.98 Å². The van der Waals surface area contributed by atoms with Crippen LogP contribution in [0.2, 0.25) is 0 Å². The molecule has 8 N–H and O–H groups in total. The van der Waals surface area contributed by atoms with Crippen molar-refractivity contribution in [3.8, 4) is 17.2 Å². The summed E-state index contributed by atoms with van der Waals surface area (Å²) in [4.78, 5) is 27.9. The van der Waals surface area contributed by atoms with Gasteiger partial charge >= 0.3 is 11.9 Å². The molecule has 36 heavy (non-hydrogen) atoms. The van der Waals surface area contributed by atoms with E-state index in [1.54, 1.807) is 23.7 Å². The Morgan fingerprint density at radius 1 is 1.19 bits per heavy atom. The molecule has 0 saturated heterocycles. The number of imidazole rings is 1. The van der Waals surface area contributed by atoms with Gasteiger partial charge in [0.25, 0.3) is 0 Å². The maximum absolute atomic E-state index is 12.0. The smallest absolute Gasteiger partial charge is 0.321 e. The number of carboxylic acid groups (broad SMARTS) is 2. The Balaban J connectivity index is 1.77. The maximum Gasteiger partial charge on any atom is 0.321 e. The minimum absolute atomic E-state index is 0.00200. The van der Waals surface area contributed by atoms with Crippen molar-refractivity contribution >= 4 is 23.7 Å². The first kappa shape index (κ1) is 25.4. The second-order valence-corrected chi connectivity index (χ2v) is 9.68. The predicted octanol–water partition coefficient (Wildman–Crippen LogP) is 1.53. The van der Waals surface area contributed by atoms with Crippen LogP contribution in [0.3, 0.4) is 0 Å². The van der Waals surface area contributed by atoms with Gasteiger partial charge in [-0.1, -0.05) is 23.9 Å². The Morgan fingerprint density at radius 3 is 2.53 bits per heavy atom. The number of phenols is 3. The number of fused-ring (bicyclic) bond motifs is 1. The van der Waals surface area contributed by atoms with E-state index < -0.39 is 30.1 Å². The van der Waals surface area contributed by atoms with Crippen LogP contribution < -0.4 is 11.1 Å². The molecule has 2 heterocycles. The summed E-state index contributed by atoms with van der Waals surface area (Å²) in [7, 11) is 1.70. The fourth-order valence-corrected chi connectivity index (χ4v) is 5.45. The standard InChI is InChI=1S/C24H26N4O7S/c1-28-10-26-22(17(28)8-14(25)23(32)33)36-21-13-7-16(24(34)35)27-15(20(13)18(30)9-19(21)31)6-11-2-4-12(29)5-3-11/h2-5,9-10,14-16,27,29-31H,6-8,25H2,1H3,(H,32,33)(H,34,35). The highest BCUT2D eigenvalue weighted by Crippen LogP contribution is 2.47.